The highest BCUT2D eigenvalue weighted by Crippen LogP contribution is 1.62. The first-order valence-electron chi connectivity index (χ1n) is 3.59. The van der Waals surface area contributed by atoms with Crippen molar-refractivity contribution in [3.8, 4) is 0 Å². The highest BCUT2D eigenvalue weighted by Gasteiger charge is 1.93. The van der Waals surface area contributed by atoms with E-state index in [2.05, 4.69) is 31.5 Å². The first-order valence-corrected chi connectivity index (χ1v) is 3.59. The normalized spacial score (nSPS) is 12.3. The summed E-state index contributed by atoms with van der Waals surface area (Å²) in [4.78, 5) is 7.79. The molecule has 0 aliphatic carbocycles. The number of nitrogens with zero attached hydrogens (tertiary/aromatic N) is 2. The van der Waals surface area contributed by atoms with Gasteiger partial charge in [-0.15, -0.1) is 0 Å². The molecule has 0 unspecified atom stereocenters. The summed E-state index contributed by atoms with van der Waals surface area (Å²) in [5, 5.41) is 5.70. The van der Waals surface area contributed by atoms with E-state index in [0.29, 0.717) is 11.9 Å². The topological polar surface area (TPSA) is 72.8 Å². The molecule has 4 N–H and O–H groups in total. The number of hydrogen-bond donors (Lipinski definition) is 4. The lowest BCUT2D eigenvalue weighted by Crippen LogP contribution is -2.50. The minimum Gasteiger partial charge on any atom is -0.358 e. The van der Waals surface area contributed by atoms with E-state index in [0.717, 1.165) is 0 Å². The van der Waals surface area contributed by atoms with Crippen LogP contribution in [0.5, 0.6) is 0 Å². The van der Waals surface area contributed by atoms with Gasteiger partial charge < -0.3 is 10.6 Å². The van der Waals surface area contributed by atoms with Crippen LogP contribution in [0.3, 0.4) is 0 Å². The molecule has 0 fully saturated rings. The van der Waals surface area contributed by atoms with Crippen LogP contribution in [0.25, 0.3) is 0 Å². The lowest BCUT2D eigenvalue weighted by atomic mass is 10.9. The standard InChI is InChI=1S/C6H16N6/c1-7-5(8-2)11-12-6(9-3)10-4/h1-4H3,(H2,7,8,11)(H2,9,10,12). The van der Waals surface area contributed by atoms with Gasteiger partial charge in [-0.25, -0.2) is 0 Å². The predicted octanol–water partition coefficient (Wildman–Crippen LogP) is -1.51. The first-order chi connectivity index (χ1) is 5.78. The predicted molar refractivity (Wildman–Crippen MR) is 51.1 cm³/mol. The van der Waals surface area contributed by atoms with Crippen LogP contribution < -0.4 is 21.5 Å². The Morgan fingerprint density at radius 1 is 0.833 bits per heavy atom. The number of aliphatic imine (C=N–C) groups is 2. The summed E-state index contributed by atoms with van der Waals surface area (Å²) >= 11 is 0. The second-order valence-corrected chi connectivity index (χ2v) is 1.89. The molecule has 12 heavy (non-hydrogen) atoms. The van der Waals surface area contributed by atoms with Gasteiger partial charge >= 0.3 is 0 Å². The van der Waals surface area contributed by atoms with E-state index in [1.807, 2.05) is 0 Å². The molecule has 6 nitrogen and oxygen atoms in total. The molecule has 0 atom stereocenters. The Bertz CT molecular complexity index is 153. The highest BCUT2D eigenvalue weighted by molar-refractivity contribution is 5.85. The molecule has 0 rings (SSSR count). The third kappa shape index (κ3) is 3.65. The van der Waals surface area contributed by atoms with E-state index in [9.17, 15) is 0 Å². The van der Waals surface area contributed by atoms with Gasteiger partial charge in [-0.1, -0.05) is 0 Å². The van der Waals surface area contributed by atoms with Gasteiger partial charge in [0.1, 0.15) is 0 Å². The Kier molecular flexibility index (Phi) is 5.50. The monoisotopic (exact) mass is 172 g/mol. The van der Waals surface area contributed by atoms with Crippen molar-refractivity contribution in [3.63, 3.8) is 0 Å². The number of hydrogen-bond acceptors (Lipinski definition) is 2. The van der Waals surface area contributed by atoms with Crippen molar-refractivity contribution in [2.24, 2.45) is 9.98 Å². The molecule has 0 aliphatic rings. The Labute approximate surface area is 72.5 Å². The van der Waals surface area contributed by atoms with Crippen molar-refractivity contribution in [1.29, 1.82) is 0 Å². The minimum absolute atomic E-state index is 0.645. The number of hydrazine groups is 1. The molecule has 0 spiro atoms. The van der Waals surface area contributed by atoms with E-state index < -0.39 is 0 Å². The van der Waals surface area contributed by atoms with E-state index in [1.54, 1.807) is 28.2 Å². The van der Waals surface area contributed by atoms with Crippen molar-refractivity contribution in [2.75, 3.05) is 28.2 Å². The van der Waals surface area contributed by atoms with E-state index in [-0.39, 0.29) is 0 Å². The van der Waals surface area contributed by atoms with Crippen LogP contribution in [0.15, 0.2) is 9.98 Å². The van der Waals surface area contributed by atoms with Crippen LogP contribution in [0.2, 0.25) is 0 Å². The molecule has 70 valence electrons. The summed E-state index contributed by atoms with van der Waals surface area (Å²) in [7, 11) is 6.92. The lowest BCUT2D eigenvalue weighted by Gasteiger charge is -2.11. The largest absolute Gasteiger partial charge is 0.358 e. The molecule has 0 aromatic heterocycles. The lowest BCUT2D eigenvalue weighted by molar-refractivity contribution is 0.793. The third-order valence-corrected chi connectivity index (χ3v) is 1.22. The summed E-state index contributed by atoms with van der Waals surface area (Å²) in [6.07, 6.45) is 0. The fraction of sp³-hybridized carbons (Fsp3) is 0.667. The zero-order valence-corrected chi connectivity index (χ0v) is 7.89. The molecule has 0 saturated carbocycles. The maximum absolute atomic E-state index is 3.90. The van der Waals surface area contributed by atoms with Gasteiger partial charge in [0.15, 0.2) is 0 Å². The van der Waals surface area contributed by atoms with Gasteiger partial charge in [-0.05, 0) is 0 Å². The molecule has 0 aromatic carbocycles. The Balaban J connectivity index is 3.81. The fourth-order valence-electron chi connectivity index (χ4n) is 0.579. The molecular formula is C6H16N6. The van der Waals surface area contributed by atoms with Gasteiger partial charge in [-0.3, -0.25) is 20.8 Å². The summed E-state index contributed by atoms with van der Waals surface area (Å²) in [6.45, 7) is 0. The van der Waals surface area contributed by atoms with Gasteiger partial charge in [0, 0.05) is 28.2 Å². The van der Waals surface area contributed by atoms with E-state index in [1.165, 1.54) is 0 Å². The number of guanidine groups is 2. The second-order valence-electron chi connectivity index (χ2n) is 1.89. The van der Waals surface area contributed by atoms with Crippen LogP contribution in [0.1, 0.15) is 0 Å². The summed E-state index contributed by atoms with van der Waals surface area (Å²) in [6, 6.07) is 0. The minimum atomic E-state index is 0.645. The first kappa shape index (κ1) is 10.5. The Hall–Kier alpha value is -1.46. The van der Waals surface area contributed by atoms with Crippen molar-refractivity contribution >= 4 is 11.9 Å². The van der Waals surface area contributed by atoms with E-state index in [4.69, 9.17) is 0 Å². The van der Waals surface area contributed by atoms with Crippen LogP contribution in [-0.4, -0.2) is 40.1 Å². The molecule has 0 amide bonds. The second kappa shape index (κ2) is 6.26. The maximum Gasteiger partial charge on any atom is 0.209 e. The van der Waals surface area contributed by atoms with Crippen molar-refractivity contribution in [3.05, 3.63) is 0 Å². The maximum atomic E-state index is 3.90. The van der Waals surface area contributed by atoms with Gasteiger partial charge in [0.2, 0.25) is 11.9 Å². The van der Waals surface area contributed by atoms with Crippen LogP contribution in [0, 0.1) is 0 Å². The van der Waals surface area contributed by atoms with Crippen molar-refractivity contribution < 1.29 is 0 Å². The number of rotatable bonds is 0. The zero-order valence-electron chi connectivity index (χ0n) is 7.89. The summed E-state index contributed by atoms with van der Waals surface area (Å²) in [5.74, 6) is 1.29. The van der Waals surface area contributed by atoms with Crippen LogP contribution in [0.4, 0.5) is 0 Å². The average molecular weight is 172 g/mol. The summed E-state index contributed by atoms with van der Waals surface area (Å²) in [5.41, 5.74) is 5.63. The molecular weight excluding hydrogens is 156 g/mol. The smallest absolute Gasteiger partial charge is 0.209 e. The van der Waals surface area contributed by atoms with Gasteiger partial charge in [-0.2, -0.15) is 0 Å². The molecule has 0 aromatic rings. The Morgan fingerprint density at radius 2 is 1.17 bits per heavy atom. The average Bonchev–Trinajstić information content (AvgIpc) is 2.13. The molecule has 6 heteroatoms. The molecule has 0 bridgehead atoms. The van der Waals surface area contributed by atoms with Gasteiger partial charge in [0.25, 0.3) is 0 Å². The quantitative estimate of drug-likeness (QED) is 0.204. The SMILES string of the molecule is CN=C(NC)NNC(=NC)NC. The summed E-state index contributed by atoms with van der Waals surface area (Å²) < 4.78 is 0. The van der Waals surface area contributed by atoms with Crippen LogP contribution in [-0.2, 0) is 0 Å². The molecule has 0 heterocycles. The fourth-order valence-corrected chi connectivity index (χ4v) is 0.579. The number of nitrogens with one attached hydrogen (secondary N) is 4. The zero-order chi connectivity index (χ0) is 9.40. The van der Waals surface area contributed by atoms with Crippen LogP contribution >= 0.6 is 0 Å². The van der Waals surface area contributed by atoms with E-state index >= 15 is 0 Å². The molecule has 0 radical (unpaired) electrons. The Morgan fingerprint density at radius 3 is 1.33 bits per heavy atom. The third-order valence-electron chi connectivity index (χ3n) is 1.22. The van der Waals surface area contributed by atoms with Crippen molar-refractivity contribution in [1.82, 2.24) is 21.5 Å². The van der Waals surface area contributed by atoms with Gasteiger partial charge in [0.05, 0.1) is 0 Å². The molecule has 0 aliphatic heterocycles. The molecule has 0 saturated heterocycles. The van der Waals surface area contributed by atoms with Crippen molar-refractivity contribution in [2.45, 2.75) is 0 Å². The highest BCUT2D eigenvalue weighted by atomic mass is 15.5.